The highest BCUT2D eigenvalue weighted by Gasteiger charge is 2.46. The number of pyridine rings is 2. The van der Waals surface area contributed by atoms with Crippen molar-refractivity contribution in [1.29, 1.82) is 0 Å². The maximum atomic E-state index is 13.6. The summed E-state index contributed by atoms with van der Waals surface area (Å²) in [6.45, 7) is 0.143. The van der Waals surface area contributed by atoms with E-state index >= 15 is 0 Å². The number of carbonyl (C=O) groups excluding carboxylic acids is 2. The maximum Gasteiger partial charge on any atom is 0.418 e. The number of rotatable bonds is 4. The van der Waals surface area contributed by atoms with E-state index in [2.05, 4.69) is 9.97 Å². The van der Waals surface area contributed by atoms with Crippen LogP contribution in [0.2, 0.25) is 0 Å². The maximum absolute atomic E-state index is 13.6. The first-order valence-electron chi connectivity index (χ1n) is 9.55. The van der Waals surface area contributed by atoms with Crippen molar-refractivity contribution in [1.82, 2.24) is 15.2 Å². The Morgan fingerprint density at radius 1 is 1.23 bits per heavy atom. The number of likely N-dealkylation sites (tertiary alicyclic amines) is 1. The van der Waals surface area contributed by atoms with Gasteiger partial charge in [-0.05, 0) is 18.6 Å². The predicted octanol–water partition coefficient (Wildman–Crippen LogP) is 1.78. The van der Waals surface area contributed by atoms with E-state index in [1.54, 1.807) is 12.1 Å². The first kappa shape index (κ1) is 20.8. The van der Waals surface area contributed by atoms with Gasteiger partial charge in [-0.25, -0.2) is 14.4 Å². The molecule has 3 aromatic heterocycles. The second-order valence-electron chi connectivity index (χ2n) is 7.21. The average Bonchev–Trinajstić information content (AvgIpc) is 3.35. The first-order chi connectivity index (χ1) is 14.8. The number of H-pyrrole nitrogens is 2. The molecule has 0 bridgehead atoms. The molecular formula is C20H19F4N5O2+2. The molecule has 1 unspecified atom stereocenters. The number of fused-ring (bicyclic) bond motifs is 1. The van der Waals surface area contributed by atoms with E-state index in [0.717, 1.165) is 0 Å². The van der Waals surface area contributed by atoms with E-state index in [0.29, 0.717) is 0 Å². The lowest BCUT2D eigenvalue weighted by Gasteiger charge is -2.17. The molecule has 1 fully saturated rings. The van der Waals surface area contributed by atoms with Gasteiger partial charge in [0.05, 0.1) is 12.7 Å². The van der Waals surface area contributed by atoms with Crippen LogP contribution in [-0.2, 0) is 0 Å². The van der Waals surface area contributed by atoms with Crippen molar-refractivity contribution in [2.24, 2.45) is 0 Å². The summed E-state index contributed by atoms with van der Waals surface area (Å²) in [4.78, 5) is 32.1. The van der Waals surface area contributed by atoms with Crippen molar-refractivity contribution in [3.05, 3.63) is 66.0 Å². The molecule has 1 aliphatic heterocycles. The van der Waals surface area contributed by atoms with Gasteiger partial charge in [-0.2, -0.15) is 17.6 Å². The third-order valence-electron chi connectivity index (χ3n) is 5.09. The van der Waals surface area contributed by atoms with Gasteiger partial charge in [-0.1, -0.05) is 12.1 Å². The minimum Gasteiger partial charge on any atom is -0.329 e. The van der Waals surface area contributed by atoms with Gasteiger partial charge < -0.3 is 10.2 Å². The lowest BCUT2D eigenvalue weighted by Crippen LogP contribution is -2.41. The van der Waals surface area contributed by atoms with Gasteiger partial charge in [-0.15, -0.1) is 0 Å². The van der Waals surface area contributed by atoms with Crippen LogP contribution in [0.15, 0.2) is 48.8 Å². The largest absolute Gasteiger partial charge is 0.418 e. The summed E-state index contributed by atoms with van der Waals surface area (Å²) >= 11 is 0. The molecule has 31 heavy (non-hydrogen) atoms. The molecule has 2 atom stereocenters. The molecule has 11 heteroatoms. The molecule has 3 aromatic rings. The minimum absolute atomic E-state index is 0.0373. The molecular weight excluding hydrogens is 418 g/mol. The number of carbonyl (C=O) groups is 2. The molecule has 0 spiro atoms. The van der Waals surface area contributed by atoms with Crippen LogP contribution in [0.5, 0.6) is 0 Å². The smallest absolute Gasteiger partial charge is 0.329 e. The van der Waals surface area contributed by atoms with Crippen molar-refractivity contribution in [3.8, 4) is 0 Å². The van der Waals surface area contributed by atoms with Crippen molar-refractivity contribution in [2.45, 2.75) is 24.8 Å². The summed E-state index contributed by atoms with van der Waals surface area (Å²) in [6.07, 6.45) is -2.85. The molecule has 1 saturated heterocycles. The Kier molecular flexibility index (Phi) is 5.34. The second-order valence-corrected chi connectivity index (χ2v) is 7.21. The standard InChI is InChI=1S/C20H17F4N5O2/c21-12-7-10-28(11-12)19(31)17-26-15(14-6-2-4-9-29(14)17)18(30)27-16(20(22,23)24)13-5-1-3-8-25-13/h1-6,8-9,12,16H,7,10-11H2,(H,27,30)/p+2/t12-,16?/m1/s1. The van der Waals surface area contributed by atoms with Crippen LogP contribution >= 0.6 is 0 Å². The van der Waals surface area contributed by atoms with E-state index in [1.165, 1.54) is 46.0 Å². The zero-order valence-electron chi connectivity index (χ0n) is 16.1. The Balaban J connectivity index is 1.69. The molecule has 0 saturated carbocycles. The minimum atomic E-state index is -4.76. The van der Waals surface area contributed by atoms with Crippen LogP contribution in [0.3, 0.4) is 0 Å². The van der Waals surface area contributed by atoms with E-state index in [1.807, 2.05) is 5.32 Å². The van der Waals surface area contributed by atoms with Crippen molar-refractivity contribution in [2.75, 3.05) is 13.1 Å². The highest BCUT2D eigenvalue weighted by molar-refractivity contribution is 6.00. The molecule has 0 aromatic carbocycles. The zero-order valence-corrected chi connectivity index (χ0v) is 16.1. The van der Waals surface area contributed by atoms with Gasteiger partial charge >= 0.3 is 17.9 Å². The number of aromatic amines is 2. The van der Waals surface area contributed by atoms with Crippen LogP contribution in [0.1, 0.15) is 39.3 Å². The molecule has 4 rings (SSSR count). The van der Waals surface area contributed by atoms with Gasteiger partial charge in [-0.3, -0.25) is 9.59 Å². The molecule has 0 aliphatic carbocycles. The van der Waals surface area contributed by atoms with Crippen LogP contribution in [0, 0.1) is 0 Å². The summed E-state index contributed by atoms with van der Waals surface area (Å²) in [5, 5.41) is 1.99. The average molecular weight is 437 g/mol. The molecule has 3 N–H and O–H groups in total. The van der Waals surface area contributed by atoms with Crippen LogP contribution in [-0.4, -0.2) is 47.1 Å². The fourth-order valence-electron chi connectivity index (χ4n) is 3.59. The molecule has 0 radical (unpaired) electrons. The quantitative estimate of drug-likeness (QED) is 0.482. The number of aromatic nitrogens is 3. The normalized spacial score (nSPS) is 17.7. The second kappa shape index (κ2) is 7.97. The van der Waals surface area contributed by atoms with Gasteiger partial charge in [0.1, 0.15) is 6.17 Å². The fraction of sp³-hybridized carbons (Fsp3) is 0.300. The van der Waals surface area contributed by atoms with Crippen molar-refractivity contribution in [3.63, 3.8) is 0 Å². The molecule has 1 aliphatic rings. The Labute approximate surface area is 173 Å². The fourth-order valence-corrected chi connectivity index (χ4v) is 3.59. The lowest BCUT2D eigenvalue weighted by atomic mass is 10.1. The Morgan fingerprint density at radius 3 is 2.65 bits per heavy atom. The number of imidazole rings is 1. The third kappa shape index (κ3) is 4.07. The summed E-state index contributed by atoms with van der Waals surface area (Å²) in [6, 6.07) is 6.58. The van der Waals surface area contributed by atoms with Gasteiger partial charge in [0, 0.05) is 18.7 Å². The first-order valence-corrected chi connectivity index (χ1v) is 9.55. The molecule has 7 nitrogen and oxygen atoms in total. The predicted molar refractivity (Wildman–Crippen MR) is 98.6 cm³/mol. The number of nitrogens with one attached hydrogen (secondary N) is 3. The van der Waals surface area contributed by atoms with E-state index in [9.17, 15) is 27.2 Å². The van der Waals surface area contributed by atoms with Crippen LogP contribution in [0.25, 0.3) is 5.52 Å². The highest BCUT2D eigenvalue weighted by atomic mass is 19.4. The molecule has 162 valence electrons. The van der Waals surface area contributed by atoms with Crippen molar-refractivity contribution >= 4 is 17.3 Å². The number of amides is 2. The number of hydrogen-bond donors (Lipinski definition) is 2. The Morgan fingerprint density at radius 2 is 2.00 bits per heavy atom. The number of halogens is 4. The van der Waals surface area contributed by atoms with Gasteiger partial charge in [0.15, 0.2) is 11.7 Å². The summed E-state index contributed by atoms with van der Waals surface area (Å²) in [5.41, 5.74) is -0.225. The van der Waals surface area contributed by atoms with E-state index in [4.69, 9.17) is 0 Å². The SMILES string of the molecule is O=C(NC(c1cccc[nH+]1)C(F)(F)F)c1[nH]c(C(=O)N2CC[C@@H](F)C2)[n+]2ccccc12. The third-order valence-corrected chi connectivity index (χ3v) is 5.09. The number of alkyl halides is 4. The summed E-state index contributed by atoms with van der Waals surface area (Å²) in [5.74, 6) is -1.61. The van der Waals surface area contributed by atoms with Crippen molar-refractivity contribution < 1.29 is 36.5 Å². The summed E-state index contributed by atoms with van der Waals surface area (Å²) < 4.78 is 55.8. The van der Waals surface area contributed by atoms with E-state index < -0.39 is 30.2 Å². The highest BCUT2D eigenvalue weighted by Crippen LogP contribution is 2.31. The van der Waals surface area contributed by atoms with Gasteiger partial charge in [0.2, 0.25) is 17.4 Å². The molecule has 2 amide bonds. The summed E-state index contributed by atoms with van der Waals surface area (Å²) in [7, 11) is 0. The topological polar surface area (TPSA) is 83.4 Å². The number of hydrogen-bond acceptors (Lipinski definition) is 2. The zero-order chi connectivity index (χ0) is 22.2. The lowest BCUT2D eigenvalue weighted by molar-refractivity contribution is -0.514. The van der Waals surface area contributed by atoms with Crippen LogP contribution < -0.4 is 14.7 Å². The number of nitrogens with zero attached hydrogens (tertiary/aromatic N) is 2. The Hall–Kier alpha value is -3.50. The van der Waals surface area contributed by atoms with Gasteiger partial charge in [0.25, 0.3) is 5.91 Å². The van der Waals surface area contributed by atoms with Crippen LogP contribution in [0.4, 0.5) is 17.6 Å². The Bertz CT molecular complexity index is 1120. The van der Waals surface area contributed by atoms with E-state index in [-0.39, 0.29) is 42.2 Å². The monoisotopic (exact) mass is 437 g/mol. The molecule has 4 heterocycles.